The molecule has 0 spiro atoms. The molecule has 2 aliphatic carbocycles. The number of rotatable bonds is 3. The van der Waals surface area contributed by atoms with Gasteiger partial charge in [-0.1, -0.05) is 18.0 Å². The molecule has 1 nitrogen and oxygen atoms in total. The zero-order chi connectivity index (χ0) is 12.7. The summed E-state index contributed by atoms with van der Waals surface area (Å²) in [6.07, 6.45) is 6.03. The maximum Gasteiger partial charge on any atom is 0.123 e. The second kappa shape index (κ2) is 4.82. The lowest BCUT2D eigenvalue weighted by atomic mass is 9.81. The van der Waals surface area contributed by atoms with E-state index in [4.69, 9.17) is 17.3 Å². The van der Waals surface area contributed by atoms with Gasteiger partial charge in [-0.3, -0.25) is 0 Å². The van der Waals surface area contributed by atoms with Crippen molar-refractivity contribution in [2.24, 2.45) is 23.5 Å². The highest BCUT2D eigenvalue weighted by Crippen LogP contribution is 2.49. The second-order valence-corrected chi connectivity index (χ2v) is 6.35. The molecule has 2 aliphatic rings. The maximum atomic E-state index is 13.2. The van der Waals surface area contributed by atoms with Gasteiger partial charge < -0.3 is 5.73 Å². The van der Waals surface area contributed by atoms with Crippen LogP contribution in [0.4, 0.5) is 4.39 Å². The van der Waals surface area contributed by atoms with E-state index in [2.05, 4.69) is 0 Å². The first-order valence-corrected chi connectivity index (χ1v) is 7.21. The van der Waals surface area contributed by atoms with Gasteiger partial charge in [0.15, 0.2) is 0 Å². The fraction of sp³-hybridized carbons (Fsp3) is 0.600. The van der Waals surface area contributed by atoms with E-state index in [0.29, 0.717) is 17.4 Å². The zero-order valence-electron chi connectivity index (χ0n) is 10.4. The average molecular weight is 268 g/mol. The highest BCUT2D eigenvalue weighted by atomic mass is 35.5. The van der Waals surface area contributed by atoms with Crippen LogP contribution in [0.15, 0.2) is 18.2 Å². The minimum Gasteiger partial charge on any atom is -0.327 e. The molecule has 2 N–H and O–H groups in total. The van der Waals surface area contributed by atoms with E-state index in [1.54, 1.807) is 6.07 Å². The number of hydrogen-bond donors (Lipinski definition) is 1. The first kappa shape index (κ1) is 12.4. The average Bonchev–Trinajstić information content (AvgIpc) is 2.96. The first-order chi connectivity index (χ1) is 8.63. The largest absolute Gasteiger partial charge is 0.327 e. The lowest BCUT2D eigenvalue weighted by molar-refractivity contribution is 0.280. The molecule has 4 unspecified atom stereocenters. The Labute approximate surface area is 113 Å². The Bertz CT molecular complexity index is 448. The van der Waals surface area contributed by atoms with Crippen molar-refractivity contribution in [3.8, 4) is 0 Å². The Hall–Kier alpha value is -0.600. The monoisotopic (exact) mass is 267 g/mol. The molecule has 98 valence electrons. The van der Waals surface area contributed by atoms with Crippen molar-refractivity contribution in [2.75, 3.05) is 0 Å². The Morgan fingerprint density at radius 1 is 1.33 bits per heavy atom. The minimum absolute atomic E-state index is 0.125. The summed E-state index contributed by atoms with van der Waals surface area (Å²) in [5, 5.41) is 0.634. The molecule has 2 fully saturated rings. The normalized spacial score (nSPS) is 31.8. The van der Waals surface area contributed by atoms with Gasteiger partial charge in [0.2, 0.25) is 0 Å². The number of hydrogen-bond acceptors (Lipinski definition) is 1. The standard InChI is InChI=1S/C15H19ClFN/c16-14-4-3-12(17)7-11(14)8-15(18)13-6-9-1-2-10(13)5-9/h3-4,7,9-10,13,15H,1-2,5-6,8,18H2. The zero-order valence-corrected chi connectivity index (χ0v) is 11.2. The predicted octanol–water partition coefficient (Wildman–Crippen LogP) is 3.79. The summed E-state index contributed by atoms with van der Waals surface area (Å²) in [4.78, 5) is 0. The first-order valence-electron chi connectivity index (χ1n) is 6.83. The van der Waals surface area contributed by atoms with Crippen molar-refractivity contribution in [1.82, 2.24) is 0 Å². The van der Waals surface area contributed by atoms with Crippen LogP contribution in [-0.2, 0) is 6.42 Å². The summed E-state index contributed by atoms with van der Waals surface area (Å²) in [5.41, 5.74) is 7.19. The molecule has 4 atom stereocenters. The van der Waals surface area contributed by atoms with E-state index in [1.807, 2.05) is 0 Å². The van der Waals surface area contributed by atoms with Crippen LogP contribution in [0.25, 0.3) is 0 Å². The molecule has 0 radical (unpaired) electrons. The van der Waals surface area contributed by atoms with Gasteiger partial charge >= 0.3 is 0 Å². The van der Waals surface area contributed by atoms with E-state index in [0.717, 1.165) is 17.4 Å². The Morgan fingerprint density at radius 3 is 2.83 bits per heavy atom. The van der Waals surface area contributed by atoms with Crippen molar-refractivity contribution in [1.29, 1.82) is 0 Å². The summed E-state index contributed by atoms with van der Waals surface area (Å²) >= 11 is 6.10. The molecule has 3 heteroatoms. The SMILES string of the molecule is NC(Cc1cc(F)ccc1Cl)C1CC2CCC1C2. The number of benzene rings is 1. The van der Waals surface area contributed by atoms with Gasteiger partial charge in [-0.2, -0.15) is 0 Å². The van der Waals surface area contributed by atoms with Crippen LogP contribution in [0.3, 0.4) is 0 Å². The molecule has 1 aromatic carbocycles. The third kappa shape index (κ3) is 2.28. The molecule has 0 amide bonds. The van der Waals surface area contributed by atoms with Crippen LogP contribution < -0.4 is 5.73 Å². The molecule has 2 bridgehead atoms. The predicted molar refractivity (Wildman–Crippen MR) is 72.0 cm³/mol. The number of fused-ring (bicyclic) bond motifs is 2. The molecule has 2 saturated carbocycles. The van der Waals surface area contributed by atoms with E-state index in [-0.39, 0.29) is 11.9 Å². The quantitative estimate of drug-likeness (QED) is 0.886. The summed E-state index contributed by atoms with van der Waals surface area (Å²) in [6.45, 7) is 0. The molecule has 3 rings (SSSR count). The lowest BCUT2D eigenvalue weighted by Gasteiger charge is -2.28. The van der Waals surface area contributed by atoms with Gasteiger partial charge in [-0.05, 0) is 67.2 Å². The third-order valence-corrected chi connectivity index (χ3v) is 5.17. The van der Waals surface area contributed by atoms with Crippen LogP contribution in [0.5, 0.6) is 0 Å². The van der Waals surface area contributed by atoms with Crippen molar-refractivity contribution in [3.63, 3.8) is 0 Å². The fourth-order valence-corrected chi connectivity index (χ4v) is 4.12. The van der Waals surface area contributed by atoms with E-state index in [9.17, 15) is 4.39 Å². The van der Waals surface area contributed by atoms with Gasteiger partial charge in [-0.25, -0.2) is 4.39 Å². The van der Waals surface area contributed by atoms with Crippen LogP contribution in [-0.4, -0.2) is 6.04 Å². The molecule has 0 aliphatic heterocycles. The Kier molecular flexibility index (Phi) is 3.33. The summed E-state index contributed by atoms with van der Waals surface area (Å²) in [7, 11) is 0. The summed E-state index contributed by atoms with van der Waals surface area (Å²) in [6, 6.07) is 4.67. The third-order valence-electron chi connectivity index (χ3n) is 4.81. The Morgan fingerprint density at radius 2 is 2.17 bits per heavy atom. The van der Waals surface area contributed by atoms with Gasteiger partial charge in [0.1, 0.15) is 5.82 Å². The van der Waals surface area contributed by atoms with Crippen LogP contribution in [0.1, 0.15) is 31.2 Å². The second-order valence-electron chi connectivity index (χ2n) is 5.94. The van der Waals surface area contributed by atoms with Crippen molar-refractivity contribution in [3.05, 3.63) is 34.6 Å². The molecule has 0 heterocycles. The highest BCUT2D eigenvalue weighted by molar-refractivity contribution is 6.31. The van der Waals surface area contributed by atoms with Crippen molar-refractivity contribution >= 4 is 11.6 Å². The molecule has 1 aromatic rings. The van der Waals surface area contributed by atoms with Crippen LogP contribution >= 0.6 is 11.6 Å². The summed E-state index contributed by atoms with van der Waals surface area (Å²) in [5.74, 6) is 2.09. The number of halogens is 2. The van der Waals surface area contributed by atoms with Gasteiger partial charge in [-0.15, -0.1) is 0 Å². The highest BCUT2D eigenvalue weighted by Gasteiger charge is 2.41. The maximum absolute atomic E-state index is 13.2. The smallest absolute Gasteiger partial charge is 0.123 e. The van der Waals surface area contributed by atoms with Gasteiger partial charge in [0.25, 0.3) is 0 Å². The van der Waals surface area contributed by atoms with E-state index < -0.39 is 0 Å². The van der Waals surface area contributed by atoms with Crippen molar-refractivity contribution < 1.29 is 4.39 Å². The number of nitrogens with two attached hydrogens (primary N) is 1. The van der Waals surface area contributed by atoms with E-state index in [1.165, 1.54) is 37.8 Å². The lowest BCUT2D eigenvalue weighted by Crippen LogP contribution is -2.35. The Balaban J connectivity index is 1.70. The molecule has 0 aromatic heterocycles. The summed E-state index contributed by atoms with van der Waals surface area (Å²) < 4.78 is 13.2. The molecular weight excluding hydrogens is 249 g/mol. The minimum atomic E-state index is -0.227. The van der Waals surface area contributed by atoms with Crippen molar-refractivity contribution in [2.45, 2.75) is 38.1 Å². The van der Waals surface area contributed by atoms with E-state index >= 15 is 0 Å². The van der Waals surface area contributed by atoms with Crippen LogP contribution in [0, 0.1) is 23.6 Å². The topological polar surface area (TPSA) is 26.0 Å². The molecule has 0 saturated heterocycles. The van der Waals surface area contributed by atoms with Gasteiger partial charge in [0, 0.05) is 11.1 Å². The fourth-order valence-electron chi connectivity index (χ4n) is 3.92. The molecular formula is C15H19ClFN. The van der Waals surface area contributed by atoms with Gasteiger partial charge in [0.05, 0.1) is 0 Å². The van der Waals surface area contributed by atoms with Crippen LogP contribution in [0.2, 0.25) is 5.02 Å². The molecule has 18 heavy (non-hydrogen) atoms.